The lowest BCUT2D eigenvalue weighted by molar-refractivity contribution is 0.197. The molecular weight excluding hydrogens is 353 g/mol. The molecule has 3 heterocycles. The van der Waals surface area contributed by atoms with Crippen molar-refractivity contribution in [3.05, 3.63) is 45.1 Å². The number of aryl methyl sites for hydroxylation is 2. The zero-order chi connectivity index (χ0) is 19.8. The van der Waals surface area contributed by atoms with Gasteiger partial charge in [0, 0.05) is 24.2 Å². The number of rotatable bonds is 4. The van der Waals surface area contributed by atoms with Crippen LogP contribution in [0.2, 0.25) is 0 Å². The van der Waals surface area contributed by atoms with Crippen molar-refractivity contribution in [1.82, 2.24) is 9.30 Å². The Balaban J connectivity index is 1.60. The summed E-state index contributed by atoms with van der Waals surface area (Å²) in [5.41, 5.74) is 4.70. The topological polar surface area (TPSA) is 28.0 Å². The summed E-state index contributed by atoms with van der Waals surface area (Å²) in [4.78, 5) is 17.3. The molecule has 1 atom stereocenters. The normalized spacial score (nSPS) is 23.8. The molecule has 3 fully saturated rings. The van der Waals surface area contributed by atoms with Crippen molar-refractivity contribution in [3.63, 3.8) is 0 Å². The minimum absolute atomic E-state index is 0.100. The van der Waals surface area contributed by atoms with Crippen molar-refractivity contribution in [2.24, 2.45) is 5.92 Å². The zero-order valence-electron chi connectivity index (χ0n) is 17.4. The maximum atomic E-state index is 15.3. The molecule has 0 amide bonds. The molecule has 28 heavy (non-hydrogen) atoms. The van der Waals surface area contributed by atoms with Crippen LogP contribution in [-0.2, 0) is 0 Å². The van der Waals surface area contributed by atoms with Gasteiger partial charge in [-0.2, -0.15) is 0 Å². The van der Waals surface area contributed by atoms with Gasteiger partial charge in [-0.25, -0.2) is 4.39 Å². The van der Waals surface area contributed by atoms with E-state index in [4.69, 9.17) is 0 Å². The van der Waals surface area contributed by atoms with Gasteiger partial charge >= 0.3 is 0 Å². The fourth-order valence-corrected chi connectivity index (χ4v) is 5.62. The molecule has 0 radical (unpaired) electrons. The average Bonchev–Trinajstić information content (AvgIpc) is 3.57. The Morgan fingerprint density at radius 2 is 1.89 bits per heavy atom. The number of hydrogen-bond acceptors (Lipinski definition) is 3. The van der Waals surface area contributed by atoms with Crippen LogP contribution in [0.3, 0.4) is 0 Å². The van der Waals surface area contributed by atoms with Gasteiger partial charge in [-0.15, -0.1) is 0 Å². The highest BCUT2D eigenvalue weighted by atomic mass is 19.1. The van der Waals surface area contributed by atoms with E-state index in [9.17, 15) is 4.79 Å². The average molecular weight is 384 g/mol. The van der Waals surface area contributed by atoms with E-state index in [0.29, 0.717) is 28.6 Å². The van der Waals surface area contributed by atoms with Crippen molar-refractivity contribution in [2.75, 3.05) is 32.1 Å². The van der Waals surface area contributed by atoms with Crippen molar-refractivity contribution in [2.45, 2.75) is 57.4 Å². The van der Waals surface area contributed by atoms with E-state index in [1.807, 2.05) is 19.9 Å². The fourth-order valence-electron chi connectivity index (χ4n) is 5.62. The summed E-state index contributed by atoms with van der Waals surface area (Å²) in [6.07, 6.45) is 7.37. The second kappa shape index (κ2) is 6.06. The van der Waals surface area contributed by atoms with Gasteiger partial charge in [0.25, 0.3) is 5.56 Å². The first-order valence-electron chi connectivity index (χ1n) is 10.6. The molecule has 1 aliphatic heterocycles. The van der Waals surface area contributed by atoms with Gasteiger partial charge in [0.15, 0.2) is 5.82 Å². The monoisotopic (exact) mass is 383 g/mol. The number of fused-ring (bicyclic) bond motifs is 1. The highest BCUT2D eigenvalue weighted by molar-refractivity contribution is 5.73. The van der Waals surface area contributed by atoms with E-state index in [-0.39, 0.29) is 11.4 Å². The van der Waals surface area contributed by atoms with E-state index >= 15 is 4.39 Å². The number of aromatic nitrogens is 1. The Morgan fingerprint density at radius 3 is 2.50 bits per heavy atom. The second-order valence-corrected chi connectivity index (χ2v) is 9.46. The van der Waals surface area contributed by atoms with Crippen LogP contribution in [0.25, 0.3) is 5.52 Å². The number of halogens is 1. The molecule has 0 N–H and O–H groups in total. The number of pyridine rings is 2. The van der Waals surface area contributed by atoms with Crippen LogP contribution in [0, 0.1) is 25.6 Å². The number of nitrogens with zero attached hydrogens (tertiary/aromatic N) is 3. The standard InChI is InChI=1S/C23H30FN3O/c1-14-11-18(16-5-6-16)20-15(2)21(19(24)13-27(20)22(14)28)26-10-7-17(12-26)23(8-9-23)25(3)4/h11,13,16-17H,5-10,12H2,1-4H3/t17-/m1/s1. The Morgan fingerprint density at radius 1 is 1.18 bits per heavy atom. The first kappa shape index (κ1) is 18.2. The molecule has 5 rings (SSSR count). The van der Waals surface area contributed by atoms with Gasteiger partial charge < -0.3 is 9.80 Å². The summed E-state index contributed by atoms with van der Waals surface area (Å²) in [7, 11) is 4.35. The van der Waals surface area contributed by atoms with E-state index in [1.54, 1.807) is 4.40 Å². The van der Waals surface area contributed by atoms with E-state index in [1.165, 1.54) is 24.6 Å². The number of anilines is 1. The van der Waals surface area contributed by atoms with Crippen molar-refractivity contribution in [1.29, 1.82) is 0 Å². The summed E-state index contributed by atoms with van der Waals surface area (Å²) in [6, 6.07) is 2.04. The molecule has 2 aromatic heterocycles. The van der Waals surface area contributed by atoms with E-state index in [2.05, 4.69) is 23.9 Å². The molecule has 2 aromatic rings. The maximum absolute atomic E-state index is 15.3. The molecule has 5 heteroatoms. The van der Waals surface area contributed by atoms with Gasteiger partial charge in [-0.3, -0.25) is 9.20 Å². The zero-order valence-corrected chi connectivity index (χ0v) is 17.4. The third-order valence-corrected chi connectivity index (χ3v) is 7.56. The lowest BCUT2D eigenvalue weighted by Crippen LogP contribution is -2.39. The Labute approximate surface area is 165 Å². The third-order valence-electron chi connectivity index (χ3n) is 7.56. The lowest BCUT2D eigenvalue weighted by atomic mass is 9.95. The smallest absolute Gasteiger partial charge is 0.258 e. The summed E-state index contributed by atoms with van der Waals surface area (Å²) in [6.45, 7) is 5.63. The number of hydrogen-bond donors (Lipinski definition) is 0. The van der Waals surface area contributed by atoms with Crippen LogP contribution in [0.15, 0.2) is 17.1 Å². The fraction of sp³-hybridized carbons (Fsp3) is 0.609. The highest BCUT2D eigenvalue weighted by Gasteiger charge is 2.53. The van der Waals surface area contributed by atoms with Crippen LogP contribution < -0.4 is 10.5 Å². The largest absolute Gasteiger partial charge is 0.368 e. The van der Waals surface area contributed by atoms with E-state index < -0.39 is 0 Å². The van der Waals surface area contributed by atoms with Crippen molar-refractivity contribution in [3.8, 4) is 0 Å². The quantitative estimate of drug-likeness (QED) is 0.803. The molecule has 0 aromatic carbocycles. The minimum atomic E-state index is -0.269. The molecule has 0 bridgehead atoms. The SMILES string of the molecule is Cc1cc(C2CC2)c2c(C)c(N3CC[C@@H](C4(N(C)C)CC4)C3)c(F)cn2c1=O. The van der Waals surface area contributed by atoms with Gasteiger partial charge in [-0.1, -0.05) is 0 Å². The predicted octanol–water partition coefficient (Wildman–Crippen LogP) is 3.85. The third kappa shape index (κ3) is 2.55. The molecule has 0 spiro atoms. The molecule has 2 saturated carbocycles. The highest BCUT2D eigenvalue weighted by Crippen LogP contribution is 2.51. The molecular formula is C23H30FN3O. The van der Waals surface area contributed by atoms with Crippen LogP contribution in [0.4, 0.5) is 10.1 Å². The molecule has 3 aliphatic rings. The Hall–Kier alpha value is -1.88. The second-order valence-electron chi connectivity index (χ2n) is 9.46. The van der Waals surface area contributed by atoms with Gasteiger partial charge in [-0.05, 0) is 89.1 Å². The van der Waals surface area contributed by atoms with Crippen LogP contribution >= 0.6 is 0 Å². The first-order chi connectivity index (χ1) is 13.3. The van der Waals surface area contributed by atoms with Crippen LogP contribution in [0.1, 0.15) is 54.7 Å². The molecule has 0 unspecified atom stereocenters. The molecule has 1 saturated heterocycles. The van der Waals surface area contributed by atoms with Gasteiger partial charge in [0.1, 0.15) is 0 Å². The molecule has 2 aliphatic carbocycles. The summed E-state index contributed by atoms with van der Waals surface area (Å²) in [5, 5.41) is 0. The van der Waals surface area contributed by atoms with E-state index in [0.717, 1.165) is 43.4 Å². The van der Waals surface area contributed by atoms with Gasteiger partial charge in [0.05, 0.1) is 17.4 Å². The lowest BCUT2D eigenvalue weighted by Gasteiger charge is -2.31. The summed E-state index contributed by atoms with van der Waals surface area (Å²) in [5.74, 6) is 0.830. The summed E-state index contributed by atoms with van der Waals surface area (Å²) >= 11 is 0. The van der Waals surface area contributed by atoms with Crippen LogP contribution in [0.5, 0.6) is 0 Å². The summed E-state index contributed by atoms with van der Waals surface area (Å²) < 4.78 is 16.8. The predicted molar refractivity (Wildman–Crippen MR) is 111 cm³/mol. The van der Waals surface area contributed by atoms with Crippen molar-refractivity contribution < 1.29 is 4.39 Å². The minimum Gasteiger partial charge on any atom is -0.368 e. The Kier molecular flexibility index (Phi) is 3.93. The first-order valence-corrected chi connectivity index (χ1v) is 10.6. The van der Waals surface area contributed by atoms with Gasteiger partial charge in [0.2, 0.25) is 0 Å². The maximum Gasteiger partial charge on any atom is 0.258 e. The molecule has 4 nitrogen and oxygen atoms in total. The molecule has 150 valence electrons. The van der Waals surface area contributed by atoms with Crippen molar-refractivity contribution >= 4 is 11.2 Å². The Bertz CT molecular complexity index is 1020. The van der Waals surface area contributed by atoms with Crippen LogP contribution in [-0.4, -0.2) is 42.0 Å².